The summed E-state index contributed by atoms with van der Waals surface area (Å²) < 4.78 is 2.14. The highest BCUT2D eigenvalue weighted by Gasteiger charge is 2.14. The molecule has 2 nitrogen and oxygen atoms in total. The molecule has 0 aliphatic rings. The molecule has 4 heteroatoms. The lowest BCUT2D eigenvalue weighted by Gasteiger charge is -2.25. The third-order valence-corrected chi connectivity index (χ3v) is 11.7. The molecule has 8 aromatic rings. The number of benzene rings is 8. The summed E-state index contributed by atoms with van der Waals surface area (Å²) >= 11 is 7.86. The Hall–Kier alpha value is -5.94. The van der Waals surface area contributed by atoms with Crippen LogP contribution in [-0.2, 0) is 0 Å². The number of nitrogens with zero attached hydrogens (tertiary/aromatic N) is 2. The van der Waals surface area contributed by atoms with Gasteiger partial charge in [-0.3, -0.25) is 0 Å². The predicted octanol–water partition coefficient (Wildman–Crippen LogP) is 16.3. The molecule has 0 unspecified atom stereocenters. The molecule has 0 bridgehead atoms. The summed E-state index contributed by atoms with van der Waals surface area (Å²) in [6, 6.07) is 64.6. The summed E-state index contributed by atoms with van der Waals surface area (Å²) in [5.41, 5.74) is 13.8. The Morgan fingerprint density at radius 2 is 0.625 bits per heavy atom. The summed E-state index contributed by atoms with van der Waals surface area (Å²) in [7, 11) is 0. The minimum absolute atomic E-state index is 1.07. The van der Waals surface area contributed by atoms with Crippen LogP contribution in [0.15, 0.2) is 191 Å². The number of anilines is 6. The molecule has 0 aliphatic carbocycles. The molecule has 0 atom stereocenters. The van der Waals surface area contributed by atoms with Crippen molar-refractivity contribution in [3.05, 3.63) is 224 Å². The van der Waals surface area contributed by atoms with E-state index in [0.717, 1.165) is 76.1 Å². The highest BCUT2D eigenvalue weighted by atomic mass is 79.9. The van der Waals surface area contributed by atoms with Crippen molar-refractivity contribution in [1.82, 2.24) is 0 Å². The number of halogens is 2. The summed E-state index contributed by atoms with van der Waals surface area (Å²) in [4.78, 5) is 4.58. The number of rotatable bonds is 10. The van der Waals surface area contributed by atoms with E-state index in [-0.39, 0.29) is 0 Å². The van der Waals surface area contributed by atoms with Gasteiger partial charge in [-0.2, -0.15) is 0 Å². The van der Waals surface area contributed by atoms with Crippen LogP contribution in [0, 0.1) is 13.8 Å². The molecule has 0 fully saturated rings. The quantitative estimate of drug-likeness (QED) is 0.127. The molecular formula is C52H40Br2N2. The molecule has 0 heterocycles. The second kappa shape index (κ2) is 16.8. The first kappa shape index (κ1) is 37.0. The van der Waals surface area contributed by atoms with Crippen molar-refractivity contribution in [2.24, 2.45) is 0 Å². The highest BCUT2D eigenvalue weighted by molar-refractivity contribution is 9.11. The maximum Gasteiger partial charge on any atom is 0.0462 e. The van der Waals surface area contributed by atoms with Crippen molar-refractivity contribution < 1.29 is 0 Å². The molecule has 0 aliphatic heterocycles. The maximum atomic E-state index is 3.93. The average molecular weight is 853 g/mol. The van der Waals surface area contributed by atoms with Gasteiger partial charge >= 0.3 is 0 Å². The van der Waals surface area contributed by atoms with Crippen LogP contribution in [0.5, 0.6) is 0 Å². The van der Waals surface area contributed by atoms with Crippen molar-refractivity contribution in [3.8, 4) is 0 Å². The largest absolute Gasteiger partial charge is 0.311 e. The third-order valence-electron chi connectivity index (χ3n) is 9.96. The third kappa shape index (κ3) is 8.18. The normalized spacial score (nSPS) is 11.4. The average Bonchev–Trinajstić information content (AvgIpc) is 3.24. The van der Waals surface area contributed by atoms with Gasteiger partial charge in [0.25, 0.3) is 0 Å². The van der Waals surface area contributed by atoms with E-state index in [9.17, 15) is 0 Å². The lowest BCUT2D eigenvalue weighted by atomic mass is 10.0. The van der Waals surface area contributed by atoms with Gasteiger partial charge in [-0.1, -0.05) is 145 Å². The second-order valence-electron chi connectivity index (χ2n) is 13.9. The minimum Gasteiger partial charge on any atom is -0.311 e. The molecule has 0 saturated carbocycles. The Kier molecular flexibility index (Phi) is 11.1. The lowest BCUT2D eigenvalue weighted by Crippen LogP contribution is -2.09. The van der Waals surface area contributed by atoms with E-state index in [0.29, 0.717) is 0 Å². The fourth-order valence-corrected chi connectivity index (χ4v) is 8.12. The summed E-state index contributed by atoms with van der Waals surface area (Å²) in [5, 5.41) is 2.31. The molecule has 0 aromatic heterocycles. The van der Waals surface area contributed by atoms with Gasteiger partial charge in [0.05, 0.1) is 0 Å². The number of hydrogen-bond acceptors (Lipinski definition) is 2. The van der Waals surface area contributed by atoms with E-state index in [2.05, 4.69) is 262 Å². The Bertz CT molecular complexity index is 2440. The SMILES string of the molecule is Cc1ccc(N(c2ccccc2)c2ccc(C=Cc3ccc4c(Br)c(C=Cc5ccc(N(c6ccccc6)c6ccc(C)cc6)cc5)ccc4c3Br)cc2)cc1. The first-order valence-corrected chi connectivity index (χ1v) is 20.3. The van der Waals surface area contributed by atoms with Crippen LogP contribution < -0.4 is 9.80 Å². The Labute approximate surface area is 347 Å². The van der Waals surface area contributed by atoms with Crippen LogP contribution in [0.4, 0.5) is 34.1 Å². The van der Waals surface area contributed by atoms with Gasteiger partial charge in [-0.15, -0.1) is 0 Å². The molecular weight excluding hydrogens is 812 g/mol. The van der Waals surface area contributed by atoms with Gasteiger partial charge in [0.15, 0.2) is 0 Å². The van der Waals surface area contributed by atoms with E-state index in [1.165, 1.54) is 11.1 Å². The fourth-order valence-electron chi connectivity index (χ4n) is 6.90. The fraction of sp³-hybridized carbons (Fsp3) is 0.0385. The summed E-state index contributed by atoms with van der Waals surface area (Å²) in [5.74, 6) is 0. The van der Waals surface area contributed by atoms with Crippen molar-refractivity contribution in [2.45, 2.75) is 13.8 Å². The van der Waals surface area contributed by atoms with Crippen LogP contribution >= 0.6 is 31.9 Å². The highest BCUT2D eigenvalue weighted by Crippen LogP contribution is 2.38. The Morgan fingerprint density at radius 1 is 0.321 bits per heavy atom. The first-order valence-electron chi connectivity index (χ1n) is 18.7. The first-order chi connectivity index (χ1) is 27.4. The van der Waals surface area contributed by atoms with Crippen LogP contribution in [0.2, 0.25) is 0 Å². The van der Waals surface area contributed by atoms with Gasteiger partial charge in [-0.25, -0.2) is 0 Å². The lowest BCUT2D eigenvalue weighted by molar-refractivity contribution is 1.27. The van der Waals surface area contributed by atoms with Crippen LogP contribution in [-0.4, -0.2) is 0 Å². The molecule has 0 N–H and O–H groups in total. The summed E-state index contributed by atoms with van der Waals surface area (Å²) in [6.07, 6.45) is 8.70. The maximum absolute atomic E-state index is 3.93. The van der Waals surface area contributed by atoms with Crippen LogP contribution in [0.1, 0.15) is 33.4 Å². The zero-order valence-electron chi connectivity index (χ0n) is 31.3. The van der Waals surface area contributed by atoms with E-state index >= 15 is 0 Å². The summed E-state index contributed by atoms with van der Waals surface area (Å²) in [6.45, 7) is 4.24. The topological polar surface area (TPSA) is 6.48 Å². The zero-order chi connectivity index (χ0) is 38.4. The molecule has 272 valence electrons. The monoisotopic (exact) mass is 850 g/mol. The van der Waals surface area contributed by atoms with E-state index in [4.69, 9.17) is 0 Å². The number of para-hydroxylation sites is 2. The zero-order valence-corrected chi connectivity index (χ0v) is 34.5. The van der Waals surface area contributed by atoms with Gasteiger partial charge in [0.2, 0.25) is 0 Å². The van der Waals surface area contributed by atoms with E-state index < -0.39 is 0 Å². The minimum atomic E-state index is 1.07. The molecule has 0 radical (unpaired) electrons. The molecule has 8 aromatic carbocycles. The molecule has 8 rings (SSSR count). The Balaban J connectivity index is 0.995. The van der Waals surface area contributed by atoms with Crippen LogP contribution in [0.25, 0.3) is 35.1 Å². The number of aryl methyl sites for hydroxylation is 2. The molecule has 56 heavy (non-hydrogen) atoms. The Morgan fingerprint density at radius 3 is 0.964 bits per heavy atom. The van der Waals surface area contributed by atoms with Gasteiger partial charge < -0.3 is 9.80 Å². The predicted molar refractivity (Wildman–Crippen MR) is 249 cm³/mol. The van der Waals surface area contributed by atoms with Gasteiger partial charge in [-0.05, 0) is 152 Å². The molecule has 0 amide bonds. The van der Waals surface area contributed by atoms with Crippen LogP contribution in [0.3, 0.4) is 0 Å². The van der Waals surface area contributed by atoms with Crippen molar-refractivity contribution in [2.75, 3.05) is 9.80 Å². The number of fused-ring (bicyclic) bond motifs is 1. The number of hydrogen-bond donors (Lipinski definition) is 0. The van der Waals surface area contributed by atoms with Gasteiger partial charge in [0, 0.05) is 43.1 Å². The molecule has 0 spiro atoms. The van der Waals surface area contributed by atoms with Gasteiger partial charge in [0.1, 0.15) is 0 Å². The molecule has 0 saturated heterocycles. The van der Waals surface area contributed by atoms with E-state index in [1.54, 1.807) is 0 Å². The smallest absolute Gasteiger partial charge is 0.0462 e. The second-order valence-corrected chi connectivity index (χ2v) is 15.5. The van der Waals surface area contributed by atoms with Crippen molar-refractivity contribution in [1.29, 1.82) is 0 Å². The van der Waals surface area contributed by atoms with Crippen molar-refractivity contribution in [3.63, 3.8) is 0 Å². The standard InChI is InChI=1S/C52H40Br2N2/c1-37-13-27-45(28-14-37)55(43-9-5-3-6-10-43)47-31-19-39(20-32-47)17-23-41-25-35-50-49(51(41)53)36-26-42(52(50)54)24-18-40-21-33-48(34-22-40)56(44-11-7-4-8-12-44)46-29-15-38(2)16-30-46/h3-36H,1-2H3. The van der Waals surface area contributed by atoms with E-state index in [1.807, 2.05) is 0 Å². The van der Waals surface area contributed by atoms with Crippen molar-refractivity contribution >= 4 is 101 Å².